The van der Waals surface area contributed by atoms with E-state index in [9.17, 15) is 9.59 Å². The third kappa shape index (κ3) is 1.78. The molecule has 2 rings (SSSR count). The lowest BCUT2D eigenvalue weighted by atomic mass is 9.85. The van der Waals surface area contributed by atoms with E-state index in [1.54, 1.807) is 0 Å². The molecule has 0 aromatic rings. The van der Waals surface area contributed by atoms with Gasteiger partial charge in [-0.15, -0.1) is 0 Å². The first kappa shape index (κ1) is 11.3. The monoisotopic (exact) mass is 222 g/mol. The Kier molecular flexibility index (Phi) is 3.10. The smallest absolute Gasteiger partial charge is 0.233 e. The van der Waals surface area contributed by atoms with Gasteiger partial charge in [-0.25, -0.2) is 0 Å². The summed E-state index contributed by atoms with van der Waals surface area (Å²) in [6.45, 7) is 2.34. The van der Waals surface area contributed by atoms with Crippen molar-refractivity contribution in [1.82, 2.24) is 4.90 Å². The molecule has 0 radical (unpaired) electrons. The number of fused-ring (bicyclic) bond motifs is 1. The average molecular weight is 222 g/mol. The van der Waals surface area contributed by atoms with Crippen LogP contribution in [0.25, 0.3) is 0 Å². The molecule has 3 atom stereocenters. The van der Waals surface area contributed by atoms with Gasteiger partial charge in [-0.05, 0) is 19.3 Å². The number of imide groups is 1. The van der Waals surface area contributed by atoms with Crippen LogP contribution >= 0.6 is 0 Å². The van der Waals surface area contributed by atoms with Crippen molar-refractivity contribution in [3.05, 3.63) is 12.2 Å². The third-order valence-electron chi connectivity index (χ3n) is 3.54. The van der Waals surface area contributed by atoms with Gasteiger partial charge < -0.3 is 5.73 Å². The molecule has 3 unspecified atom stereocenters. The summed E-state index contributed by atoms with van der Waals surface area (Å²) in [4.78, 5) is 25.4. The minimum Gasteiger partial charge on any atom is -0.326 e. The van der Waals surface area contributed by atoms with E-state index >= 15 is 0 Å². The molecule has 1 aliphatic carbocycles. The molecule has 1 aliphatic heterocycles. The van der Waals surface area contributed by atoms with E-state index < -0.39 is 0 Å². The van der Waals surface area contributed by atoms with Gasteiger partial charge in [0.2, 0.25) is 11.8 Å². The fourth-order valence-electron chi connectivity index (χ4n) is 2.41. The second-order valence-corrected chi connectivity index (χ2v) is 4.61. The summed E-state index contributed by atoms with van der Waals surface area (Å²) in [5.41, 5.74) is 5.80. The zero-order valence-corrected chi connectivity index (χ0v) is 9.56. The molecule has 88 valence electrons. The minimum atomic E-state index is -0.124. The lowest BCUT2D eigenvalue weighted by Crippen LogP contribution is -2.41. The zero-order chi connectivity index (χ0) is 11.7. The van der Waals surface area contributed by atoms with Crippen LogP contribution in [0.3, 0.4) is 0 Å². The van der Waals surface area contributed by atoms with Crippen molar-refractivity contribution in [1.29, 1.82) is 0 Å². The van der Waals surface area contributed by atoms with Crippen molar-refractivity contribution in [2.24, 2.45) is 17.6 Å². The molecule has 2 N–H and O–H groups in total. The molecule has 4 heteroatoms. The zero-order valence-electron chi connectivity index (χ0n) is 9.56. The summed E-state index contributed by atoms with van der Waals surface area (Å²) < 4.78 is 0. The molecule has 0 bridgehead atoms. The van der Waals surface area contributed by atoms with E-state index in [4.69, 9.17) is 5.73 Å². The molecule has 0 aromatic heterocycles. The maximum absolute atomic E-state index is 12.0. The van der Waals surface area contributed by atoms with Gasteiger partial charge in [0, 0.05) is 12.6 Å². The predicted octanol–water partition coefficient (Wildman–Crippen LogP) is 0.675. The predicted molar refractivity (Wildman–Crippen MR) is 60.3 cm³/mol. The van der Waals surface area contributed by atoms with E-state index in [0.717, 1.165) is 6.42 Å². The highest BCUT2D eigenvalue weighted by Gasteiger charge is 2.47. The van der Waals surface area contributed by atoms with Crippen molar-refractivity contribution < 1.29 is 9.59 Å². The second-order valence-electron chi connectivity index (χ2n) is 4.61. The lowest BCUT2D eigenvalue weighted by Gasteiger charge is -2.18. The third-order valence-corrected chi connectivity index (χ3v) is 3.54. The van der Waals surface area contributed by atoms with Crippen LogP contribution in [-0.4, -0.2) is 29.3 Å². The van der Waals surface area contributed by atoms with Crippen LogP contribution < -0.4 is 5.73 Å². The van der Waals surface area contributed by atoms with Crippen LogP contribution in [0.15, 0.2) is 12.2 Å². The summed E-state index contributed by atoms with van der Waals surface area (Å²) in [6, 6.07) is -0.0963. The Morgan fingerprint density at radius 3 is 2.25 bits per heavy atom. The number of likely N-dealkylation sites (tertiary alicyclic amines) is 1. The highest BCUT2D eigenvalue weighted by Crippen LogP contribution is 2.34. The summed E-state index contributed by atoms with van der Waals surface area (Å²) >= 11 is 0. The summed E-state index contributed by atoms with van der Waals surface area (Å²) in [5, 5.41) is 0. The van der Waals surface area contributed by atoms with Gasteiger partial charge in [-0.2, -0.15) is 0 Å². The molecule has 1 fully saturated rings. The van der Waals surface area contributed by atoms with Crippen molar-refractivity contribution in [2.75, 3.05) is 6.54 Å². The van der Waals surface area contributed by atoms with Gasteiger partial charge in [-0.1, -0.05) is 19.1 Å². The van der Waals surface area contributed by atoms with Gasteiger partial charge in [-0.3, -0.25) is 14.5 Å². The van der Waals surface area contributed by atoms with Gasteiger partial charge in [0.15, 0.2) is 0 Å². The van der Waals surface area contributed by atoms with Crippen LogP contribution in [0, 0.1) is 11.8 Å². The SMILES string of the molecule is CCC(N)CN1C(=O)C2CC=CCC2C1=O. The van der Waals surface area contributed by atoms with E-state index in [1.807, 2.05) is 19.1 Å². The van der Waals surface area contributed by atoms with E-state index in [0.29, 0.717) is 19.4 Å². The Bertz CT molecular complexity index is 312. The largest absolute Gasteiger partial charge is 0.326 e. The molecule has 2 amide bonds. The van der Waals surface area contributed by atoms with Crippen molar-refractivity contribution >= 4 is 11.8 Å². The normalized spacial score (nSPS) is 30.8. The maximum atomic E-state index is 12.0. The van der Waals surface area contributed by atoms with Crippen LogP contribution in [0.5, 0.6) is 0 Å². The summed E-state index contributed by atoms with van der Waals surface area (Å²) in [5.74, 6) is -0.297. The Morgan fingerprint density at radius 2 is 1.81 bits per heavy atom. The van der Waals surface area contributed by atoms with Gasteiger partial charge in [0.25, 0.3) is 0 Å². The van der Waals surface area contributed by atoms with Crippen molar-refractivity contribution in [3.8, 4) is 0 Å². The minimum absolute atomic E-state index is 0.0248. The van der Waals surface area contributed by atoms with Crippen LogP contribution in [-0.2, 0) is 9.59 Å². The van der Waals surface area contributed by atoms with Crippen molar-refractivity contribution in [3.63, 3.8) is 0 Å². The number of amides is 2. The topological polar surface area (TPSA) is 63.4 Å². The average Bonchev–Trinajstić information content (AvgIpc) is 2.55. The summed E-state index contributed by atoms with van der Waals surface area (Å²) in [7, 11) is 0. The van der Waals surface area contributed by atoms with E-state index in [1.165, 1.54) is 4.90 Å². The maximum Gasteiger partial charge on any atom is 0.233 e. The van der Waals surface area contributed by atoms with Crippen molar-refractivity contribution in [2.45, 2.75) is 32.2 Å². The van der Waals surface area contributed by atoms with Gasteiger partial charge in [0.05, 0.1) is 11.8 Å². The molecular weight excluding hydrogens is 204 g/mol. The molecule has 1 heterocycles. The van der Waals surface area contributed by atoms with E-state index in [2.05, 4.69) is 0 Å². The Balaban J connectivity index is 2.11. The fraction of sp³-hybridized carbons (Fsp3) is 0.667. The Hall–Kier alpha value is -1.16. The second kappa shape index (κ2) is 4.37. The number of carbonyl (C=O) groups excluding carboxylic acids is 2. The number of nitrogens with two attached hydrogens (primary N) is 1. The molecule has 1 saturated heterocycles. The molecule has 0 saturated carbocycles. The van der Waals surface area contributed by atoms with Crippen LogP contribution in [0.2, 0.25) is 0 Å². The molecule has 0 aromatic carbocycles. The highest BCUT2D eigenvalue weighted by molar-refractivity contribution is 6.05. The summed E-state index contributed by atoms with van der Waals surface area (Å²) in [6.07, 6.45) is 6.18. The van der Waals surface area contributed by atoms with Gasteiger partial charge >= 0.3 is 0 Å². The molecule has 4 nitrogen and oxygen atoms in total. The molecule has 2 aliphatic rings. The van der Waals surface area contributed by atoms with E-state index in [-0.39, 0.29) is 29.7 Å². The first-order chi connectivity index (χ1) is 7.65. The number of nitrogens with zero attached hydrogens (tertiary/aromatic N) is 1. The quantitative estimate of drug-likeness (QED) is 0.564. The number of allylic oxidation sites excluding steroid dienone is 2. The number of hydrogen-bond acceptors (Lipinski definition) is 3. The highest BCUT2D eigenvalue weighted by atomic mass is 16.2. The Labute approximate surface area is 95.5 Å². The number of hydrogen-bond donors (Lipinski definition) is 1. The molecular formula is C12H18N2O2. The fourth-order valence-corrected chi connectivity index (χ4v) is 2.41. The standard InChI is InChI=1S/C12H18N2O2/c1-2-8(13)7-14-11(15)9-5-3-4-6-10(9)12(14)16/h3-4,8-10H,2,5-7,13H2,1H3. The first-order valence-electron chi connectivity index (χ1n) is 5.91. The molecule has 16 heavy (non-hydrogen) atoms. The van der Waals surface area contributed by atoms with Crippen LogP contribution in [0.1, 0.15) is 26.2 Å². The Morgan fingerprint density at radius 1 is 1.31 bits per heavy atom. The first-order valence-corrected chi connectivity index (χ1v) is 5.91. The number of carbonyl (C=O) groups is 2. The van der Waals surface area contributed by atoms with Gasteiger partial charge in [0.1, 0.15) is 0 Å². The van der Waals surface area contributed by atoms with Crippen LogP contribution in [0.4, 0.5) is 0 Å². The number of rotatable bonds is 3. The lowest BCUT2D eigenvalue weighted by molar-refractivity contribution is -0.140. The molecule has 0 spiro atoms.